The van der Waals surface area contributed by atoms with E-state index in [1.54, 1.807) is 12.1 Å². The number of halogens is 2. The predicted molar refractivity (Wildman–Crippen MR) is 73.1 cm³/mol. The molecular formula is C14H18BrFO2. The first-order valence-electron chi connectivity index (χ1n) is 5.75. The molecule has 0 saturated heterocycles. The molecule has 2 nitrogen and oxygen atoms in total. The number of ether oxygens (including phenoxy) is 1. The van der Waals surface area contributed by atoms with E-state index in [9.17, 15) is 9.18 Å². The molecule has 0 fully saturated rings. The summed E-state index contributed by atoms with van der Waals surface area (Å²) >= 11 is 3.11. The lowest BCUT2D eigenvalue weighted by Gasteiger charge is -2.28. The SMILES string of the molecule is COC(C(=O)Cc1ccc(F)c(Br)c1)C(C)(C)C. The fourth-order valence-electron chi connectivity index (χ4n) is 1.91. The highest BCUT2D eigenvalue weighted by Crippen LogP contribution is 2.24. The zero-order valence-corrected chi connectivity index (χ0v) is 12.7. The first kappa shape index (κ1) is 15.3. The molecule has 0 aliphatic carbocycles. The molecule has 0 spiro atoms. The number of hydrogen-bond acceptors (Lipinski definition) is 2. The minimum atomic E-state index is -0.457. The summed E-state index contributed by atoms with van der Waals surface area (Å²) < 4.78 is 18.7. The number of ketones is 1. The quantitative estimate of drug-likeness (QED) is 0.845. The molecule has 1 aromatic carbocycles. The predicted octanol–water partition coefficient (Wildman–Crippen LogP) is 3.76. The van der Waals surface area contributed by atoms with Crippen molar-refractivity contribution in [1.29, 1.82) is 0 Å². The van der Waals surface area contributed by atoms with Crippen molar-refractivity contribution in [1.82, 2.24) is 0 Å². The molecule has 0 bridgehead atoms. The average molecular weight is 317 g/mol. The molecule has 0 N–H and O–H groups in total. The van der Waals surface area contributed by atoms with Crippen LogP contribution < -0.4 is 0 Å². The highest BCUT2D eigenvalue weighted by Gasteiger charge is 2.30. The monoisotopic (exact) mass is 316 g/mol. The molecule has 1 rings (SSSR count). The maximum atomic E-state index is 13.1. The Balaban J connectivity index is 2.83. The van der Waals surface area contributed by atoms with Gasteiger partial charge in [-0.2, -0.15) is 0 Å². The fraction of sp³-hybridized carbons (Fsp3) is 0.500. The third-order valence-electron chi connectivity index (χ3n) is 2.68. The van der Waals surface area contributed by atoms with Gasteiger partial charge in [-0.25, -0.2) is 4.39 Å². The van der Waals surface area contributed by atoms with Gasteiger partial charge in [0.2, 0.25) is 0 Å². The van der Waals surface area contributed by atoms with Crippen molar-refractivity contribution >= 4 is 21.7 Å². The molecule has 4 heteroatoms. The molecule has 0 radical (unpaired) electrons. The Morgan fingerprint density at radius 1 is 1.44 bits per heavy atom. The van der Waals surface area contributed by atoms with Gasteiger partial charge in [0, 0.05) is 13.5 Å². The van der Waals surface area contributed by atoms with Gasteiger partial charge in [0.05, 0.1) is 4.47 Å². The van der Waals surface area contributed by atoms with E-state index >= 15 is 0 Å². The number of carbonyl (C=O) groups excluding carboxylic acids is 1. The van der Waals surface area contributed by atoms with E-state index in [1.807, 2.05) is 20.8 Å². The molecule has 0 aromatic heterocycles. The third kappa shape index (κ3) is 3.89. The minimum absolute atomic E-state index is 0.00325. The van der Waals surface area contributed by atoms with Crippen LogP contribution in [-0.2, 0) is 16.0 Å². The van der Waals surface area contributed by atoms with Crippen LogP contribution in [-0.4, -0.2) is 19.0 Å². The van der Waals surface area contributed by atoms with Crippen LogP contribution in [0.15, 0.2) is 22.7 Å². The number of benzene rings is 1. The molecule has 1 aromatic rings. The van der Waals surface area contributed by atoms with E-state index in [-0.39, 0.29) is 23.4 Å². The molecule has 0 amide bonds. The van der Waals surface area contributed by atoms with Crippen LogP contribution >= 0.6 is 15.9 Å². The summed E-state index contributed by atoms with van der Waals surface area (Å²) in [5.41, 5.74) is 0.530. The summed E-state index contributed by atoms with van der Waals surface area (Å²) in [7, 11) is 1.54. The largest absolute Gasteiger partial charge is 0.373 e. The molecule has 0 heterocycles. The number of methoxy groups -OCH3 is 1. The van der Waals surface area contributed by atoms with Crippen LogP contribution in [0.25, 0.3) is 0 Å². The summed E-state index contributed by atoms with van der Waals surface area (Å²) in [5, 5.41) is 0. The van der Waals surface area contributed by atoms with E-state index < -0.39 is 6.10 Å². The molecule has 1 unspecified atom stereocenters. The summed E-state index contributed by atoms with van der Waals surface area (Å²) in [6.07, 6.45) is -0.212. The lowest BCUT2D eigenvalue weighted by atomic mass is 9.84. The molecular weight excluding hydrogens is 299 g/mol. The third-order valence-corrected chi connectivity index (χ3v) is 3.28. The Morgan fingerprint density at radius 2 is 2.06 bits per heavy atom. The van der Waals surface area contributed by atoms with Crippen molar-refractivity contribution in [2.75, 3.05) is 7.11 Å². The van der Waals surface area contributed by atoms with Gasteiger partial charge in [-0.05, 0) is 39.0 Å². The Labute approximate surface area is 116 Å². The number of Topliss-reactive ketones (excluding diaryl/α,β-unsaturated/α-hetero) is 1. The maximum absolute atomic E-state index is 13.1. The summed E-state index contributed by atoms with van der Waals surface area (Å²) in [4.78, 5) is 12.2. The molecule has 0 saturated carbocycles. The second-order valence-electron chi connectivity index (χ2n) is 5.37. The fourth-order valence-corrected chi connectivity index (χ4v) is 2.34. The second kappa shape index (κ2) is 5.93. The van der Waals surface area contributed by atoms with E-state index in [0.29, 0.717) is 4.47 Å². The van der Waals surface area contributed by atoms with Crippen molar-refractivity contribution in [3.63, 3.8) is 0 Å². The lowest BCUT2D eigenvalue weighted by Crippen LogP contribution is -2.37. The van der Waals surface area contributed by atoms with Gasteiger partial charge in [-0.3, -0.25) is 4.79 Å². The highest BCUT2D eigenvalue weighted by molar-refractivity contribution is 9.10. The van der Waals surface area contributed by atoms with Gasteiger partial charge in [-0.15, -0.1) is 0 Å². The number of hydrogen-bond donors (Lipinski definition) is 0. The first-order chi connectivity index (χ1) is 8.25. The van der Waals surface area contributed by atoms with Gasteiger partial charge >= 0.3 is 0 Å². The number of rotatable bonds is 4. The van der Waals surface area contributed by atoms with Crippen molar-refractivity contribution in [3.05, 3.63) is 34.1 Å². The Bertz CT molecular complexity index is 438. The van der Waals surface area contributed by atoms with Crippen LogP contribution in [0.5, 0.6) is 0 Å². The molecule has 1 atom stereocenters. The smallest absolute Gasteiger partial charge is 0.166 e. The maximum Gasteiger partial charge on any atom is 0.166 e. The summed E-state index contributed by atoms with van der Waals surface area (Å²) in [5.74, 6) is -0.325. The zero-order valence-electron chi connectivity index (χ0n) is 11.1. The molecule has 0 aliphatic rings. The first-order valence-corrected chi connectivity index (χ1v) is 6.54. The van der Waals surface area contributed by atoms with E-state index in [0.717, 1.165) is 5.56 Å². The molecule has 100 valence electrons. The Morgan fingerprint density at radius 3 is 2.50 bits per heavy atom. The van der Waals surface area contributed by atoms with Crippen LogP contribution in [0.4, 0.5) is 4.39 Å². The molecule has 18 heavy (non-hydrogen) atoms. The highest BCUT2D eigenvalue weighted by atomic mass is 79.9. The van der Waals surface area contributed by atoms with Crippen LogP contribution in [0.1, 0.15) is 26.3 Å². The van der Waals surface area contributed by atoms with E-state index in [1.165, 1.54) is 13.2 Å². The van der Waals surface area contributed by atoms with Gasteiger partial charge in [0.25, 0.3) is 0 Å². The zero-order chi connectivity index (χ0) is 13.9. The standard InChI is InChI=1S/C14H18BrFO2/c1-14(2,3)13(18-4)12(17)8-9-5-6-11(16)10(15)7-9/h5-7,13H,8H2,1-4H3. The van der Waals surface area contributed by atoms with Gasteiger partial charge in [-0.1, -0.05) is 26.8 Å². The van der Waals surface area contributed by atoms with Crippen LogP contribution in [0, 0.1) is 11.2 Å². The van der Waals surface area contributed by atoms with Crippen molar-refractivity contribution in [2.24, 2.45) is 5.41 Å². The normalized spacial score (nSPS) is 13.4. The topological polar surface area (TPSA) is 26.3 Å². The van der Waals surface area contributed by atoms with Crippen molar-refractivity contribution in [3.8, 4) is 0 Å². The summed E-state index contributed by atoms with van der Waals surface area (Å²) in [6, 6.07) is 4.60. The second-order valence-corrected chi connectivity index (χ2v) is 6.23. The van der Waals surface area contributed by atoms with Crippen LogP contribution in [0.3, 0.4) is 0 Å². The van der Waals surface area contributed by atoms with E-state index in [4.69, 9.17) is 4.74 Å². The van der Waals surface area contributed by atoms with Crippen molar-refractivity contribution in [2.45, 2.75) is 33.3 Å². The average Bonchev–Trinajstić information content (AvgIpc) is 2.22. The van der Waals surface area contributed by atoms with Crippen molar-refractivity contribution < 1.29 is 13.9 Å². The van der Waals surface area contributed by atoms with E-state index in [2.05, 4.69) is 15.9 Å². The number of carbonyl (C=O) groups is 1. The Kier molecular flexibility index (Phi) is 5.05. The van der Waals surface area contributed by atoms with Crippen LogP contribution in [0.2, 0.25) is 0 Å². The summed E-state index contributed by atoms with van der Waals surface area (Å²) in [6.45, 7) is 5.87. The lowest BCUT2D eigenvalue weighted by molar-refractivity contribution is -0.134. The van der Waals surface area contributed by atoms with Gasteiger partial charge in [0.1, 0.15) is 11.9 Å². The molecule has 0 aliphatic heterocycles. The van der Waals surface area contributed by atoms with Gasteiger partial charge in [0.15, 0.2) is 5.78 Å². The minimum Gasteiger partial charge on any atom is -0.373 e. The Hall–Kier alpha value is -0.740. The van der Waals surface area contributed by atoms with Gasteiger partial charge < -0.3 is 4.74 Å².